The lowest BCUT2D eigenvalue weighted by Crippen LogP contribution is -2.37. The first-order valence-corrected chi connectivity index (χ1v) is 9.98. The highest BCUT2D eigenvalue weighted by Gasteiger charge is 2.17. The van der Waals surface area contributed by atoms with E-state index in [1.807, 2.05) is 48.5 Å². The average molecular weight is 380 g/mol. The normalized spacial score (nSPS) is 15.3. The average Bonchev–Trinajstić information content (AvgIpc) is 3.20. The third-order valence-corrected chi connectivity index (χ3v) is 5.16. The minimum Gasteiger partial charge on any atom is -0.481 e. The van der Waals surface area contributed by atoms with E-state index in [4.69, 9.17) is 5.11 Å². The molecule has 1 saturated heterocycles. The van der Waals surface area contributed by atoms with Crippen LogP contribution < -0.4 is 5.32 Å². The summed E-state index contributed by atoms with van der Waals surface area (Å²) in [4.78, 5) is 26.2. The number of carbonyl (C=O) groups is 2. The zero-order valence-electron chi connectivity index (χ0n) is 16.1. The number of carboxylic acids is 1. The Hall–Kier alpha value is -2.66. The lowest BCUT2D eigenvalue weighted by atomic mass is 10.0. The first kappa shape index (κ1) is 20.1. The zero-order chi connectivity index (χ0) is 19.8. The number of amides is 1. The van der Waals surface area contributed by atoms with Gasteiger partial charge >= 0.3 is 5.97 Å². The molecule has 1 heterocycles. The Kier molecular flexibility index (Phi) is 7.20. The quantitative estimate of drug-likeness (QED) is 0.699. The maximum absolute atomic E-state index is 12.8. The van der Waals surface area contributed by atoms with E-state index < -0.39 is 5.97 Å². The van der Waals surface area contributed by atoms with Crippen LogP contribution in [0.5, 0.6) is 0 Å². The topological polar surface area (TPSA) is 69.6 Å². The van der Waals surface area contributed by atoms with E-state index in [9.17, 15) is 9.59 Å². The molecule has 0 spiro atoms. The highest BCUT2D eigenvalue weighted by Crippen LogP contribution is 2.15. The number of carbonyl (C=O) groups excluding carboxylic acids is 1. The van der Waals surface area contributed by atoms with Gasteiger partial charge in [-0.25, -0.2) is 0 Å². The lowest BCUT2D eigenvalue weighted by Gasteiger charge is -2.19. The summed E-state index contributed by atoms with van der Waals surface area (Å²) < 4.78 is 0. The van der Waals surface area contributed by atoms with Crippen LogP contribution in [0.15, 0.2) is 54.6 Å². The number of nitrogens with zero attached hydrogens (tertiary/aromatic N) is 1. The van der Waals surface area contributed by atoms with Crippen molar-refractivity contribution in [3.05, 3.63) is 71.3 Å². The second-order valence-corrected chi connectivity index (χ2v) is 7.48. The Morgan fingerprint density at radius 1 is 1.00 bits per heavy atom. The smallest absolute Gasteiger partial charge is 0.303 e. The minimum absolute atomic E-state index is 0.0345. The van der Waals surface area contributed by atoms with Crippen LogP contribution in [-0.2, 0) is 17.8 Å². The summed E-state index contributed by atoms with van der Waals surface area (Å²) in [5, 5.41) is 12.1. The molecule has 1 amide bonds. The van der Waals surface area contributed by atoms with Gasteiger partial charge < -0.3 is 10.4 Å². The second kappa shape index (κ2) is 10.0. The third-order valence-electron chi connectivity index (χ3n) is 5.16. The molecule has 1 aliphatic rings. The van der Waals surface area contributed by atoms with E-state index >= 15 is 0 Å². The van der Waals surface area contributed by atoms with Crippen molar-refractivity contribution >= 4 is 11.9 Å². The summed E-state index contributed by atoms with van der Waals surface area (Å²) >= 11 is 0. The fourth-order valence-corrected chi connectivity index (χ4v) is 3.70. The molecule has 1 fully saturated rings. The van der Waals surface area contributed by atoms with Crippen molar-refractivity contribution in [3.63, 3.8) is 0 Å². The summed E-state index contributed by atoms with van der Waals surface area (Å²) in [7, 11) is 0. The van der Waals surface area contributed by atoms with E-state index in [1.165, 1.54) is 12.8 Å². The van der Waals surface area contributed by atoms with Crippen molar-refractivity contribution in [2.24, 2.45) is 0 Å². The zero-order valence-corrected chi connectivity index (χ0v) is 16.1. The van der Waals surface area contributed by atoms with Crippen LogP contribution in [-0.4, -0.2) is 41.0 Å². The summed E-state index contributed by atoms with van der Waals surface area (Å²) in [6.07, 6.45) is 3.54. The van der Waals surface area contributed by atoms with Crippen molar-refractivity contribution in [3.8, 4) is 0 Å². The number of hydrogen-bond acceptors (Lipinski definition) is 3. The van der Waals surface area contributed by atoms with Gasteiger partial charge in [0, 0.05) is 24.6 Å². The lowest BCUT2D eigenvalue weighted by molar-refractivity contribution is -0.137. The van der Waals surface area contributed by atoms with Crippen molar-refractivity contribution in [1.82, 2.24) is 10.2 Å². The molecule has 2 aromatic carbocycles. The summed E-state index contributed by atoms with van der Waals surface area (Å²) in [6.45, 7) is 3.10. The highest BCUT2D eigenvalue weighted by atomic mass is 16.4. The van der Waals surface area contributed by atoms with Crippen LogP contribution in [0.25, 0.3) is 0 Å². The summed E-state index contributed by atoms with van der Waals surface area (Å²) in [6, 6.07) is 17.4. The van der Waals surface area contributed by atoms with E-state index in [0.717, 1.165) is 30.8 Å². The molecule has 0 radical (unpaired) electrons. The molecule has 0 aromatic heterocycles. The van der Waals surface area contributed by atoms with Gasteiger partial charge in [0.05, 0.1) is 0 Å². The Balaban J connectivity index is 1.65. The highest BCUT2D eigenvalue weighted by molar-refractivity contribution is 5.94. The number of aliphatic carboxylic acids is 1. The largest absolute Gasteiger partial charge is 0.481 e. The molecule has 148 valence electrons. The minimum atomic E-state index is -0.847. The fourth-order valence-electron chi connectivity index (χ4n) is 3.70. The predicted octanol–water partition coefficient (Wildman–Crippen LogP) is 3.49. The van der Waals surface area contributed by atoms with Crippen LogP contribution >= 0.6 is 0 Å². The van der Waals surface area contributed by atoms with Gasteiger partial charge in [0.1, 0.15) is 0 Å². The number of hydrogen-bond donors (Lipinski definition) is 2. The predicted molar refractivity (Wildman–Crippen MR) is 109 cm³/mol. The van der Waals surface area contributed by atoms with Crippen LogP contribution in [0.1, 0.15) is 47.2 Å². The van der Waals surface area contributed by atoms with Crippen LogP contribution in [0.4, 0.5) is 0 Å². The van der Waals surface area contributed by atoms with Gasteiger partial charge in [-0.3, -0.25) is 14.5 Å². The first-order valence-electron chi connectivity index (χ1n) is 9.98. The fraction of sp³-hybridized carbons (Fsp3) is 0.391. The Morgan fingerprint density at radius 3 is 2.43 bits per heavy atom. The van der Waals surface area contributed by atoms with Gasteiger partial charge in [-0.1, -0.05) is 42.5 Å². The Labute approximate surface area is 166 Å². The van der Waals surface area contributed by atoms with Gasteiger partial charge in [-0.2, -0.15) is 0 Å². The van der Waals surface area contributed by atoms with Crippen LogP contribution in [0.2, 0.25) is 0 Å². The number of rotatable bonds is 9. The number of carboxylic acid groups (broad SMARTS) is 1. The molecule has 1 atom stereocenters. The maximum atomic E-state index is 12.8. The van der Waals surface area contributed by atoms with E-state index in [2.05, 4.69) is 16.3 Å². The van der Waals surface area contributed by atoms with Crippen molar-refractivity contribution in [1.29, 1.82) is 0 Å². The molecule has 0 saturated carbocycles. The molecular weight excluding hydrogens is 352 g/mol. The van der Waals surface area contributed by atoms with E-state index in [0.29, 0.717) is 18.4 Å². The first-order chi connectivity index (χ1) is 13.6. The van der Waals surface area contributed by atoms with Gasteiger partial charge in [-0.05, 0) is 62.0 Å². The number of likely N-dealkylation sites (tertiary alicyclic amines) is 1. The van der Waals surface area contributed by atoms with Gasteiger partial charge in [0.25, 0.3) is 5.91 Å². The molecule has 5 nitrogen and oxygen atoms in total. The second-order valence-electron chi connectivity index (χ2n) is 7.48. The molecule has 3 rings (SSSR count). The Morgan fingerprint density at radius 2 is 1.71 bits per heavy atom. The summed E-state index contributed by atoms with van der Waals surface area (Å²) in [5.41, 5.74) is 2.85. The van der Waals surface area contributed by atoms with Crippen molar-refractivity contribution in [2.45, 2.75) is 44.7 Å². The third kappa shape index (κ3) is 6.20. The number of nitrogens with one attached hydrogen (secondary N) is 1. The van der Waals surface area contributed by atoms with Gasteiger partial charge in [0.2, 0.25) is 0 Å². The molecule has 1 unspecified atom stereocenters. The molecule has 2 aromatic rings. The van der Waals surface area contributed by atoms with Crippen molar-refractivity contribution in [2.75, 3.05) is 13.1 Å². The molecule has 0 aliphatic carbocycles. The maximum Gasteiger partial charge on any atom is 0.303 e. The van der Waals surface area contributed by atoms with Crippen LogP contribution in [0.3, 0.4) is 0 Å². The van der Waals surface area contributed by atoms with E-state index in [-0.39, 0.29) is 18.4 Å². The molecule has 0 bridgehead atoms. The number of benzene rings is 2. The molecule has 2 N–H and O–H groups in total. The molecular formula is C23H28N2O3. The summed E-state index contributed by atoms with van der Waals surface area (Å²) in [5.74, 6) is -0.991. The standard InChI is InChI=1S/C23H28N2O3/c26-22(27)12-11-21(16-18-7-2-1-3-8-18)24-23(28)20-10-6-9-19(15-20)17-25-13-4-5-14-25/h1-3,6-10,15,21H,4-5,11-14,16-17H2,(H,24,28)(H,26,27). The molecule has 5 heteroatoms. The van der Waals surface area contributed by atoms with Crippen LogP contribution in [0, 0.1) is 0 Å². The van der Waals surface area contributed by atoms with Gasteiger partial charge in [0.15, 0.2) is 0 Å². The monoisotopic (exact) mass is 380 g/mol. The van der Waals surface area contributed by atoms with Gasteiger partial charge in [-0.15, -0.1) is 0 Å². The van der Waals surface area contributed by atoms with E-state index in [1.54, 1.807) is 0 Å². The van der Waals surface area contributed by atoms with Crippen molar-refractivity contribution < 1.29 is 14.7 Å². The molecule has 28 heavy (non-hydrogen) atoms. The Bertz CT molecular complexity index is 785. The molecule has 1 aliphatic heterocycles. The SMILES string of the molecule is O=C(O)CCC(Cc1ccccc1)NC(=O)c1cccc(CN2CCCC2)c1.